The smallest absolute Gasteiger partial charge is 0.101 e. The van der Waals surface area contributed by atoms with Crippen molar-refractivity contribution in [2.75, 3.05) is 0 Å². The summed E-state index contributed by atoms with van der Waals surface area (Å²) in [6.07, 6.45) is 0. The summed E-state index contributed by atoms with van der Waals surface area (Å²) in [6.45, 7) is 2.69. The van der Waals surface area contributed by atoms with Gasteiger partial charge in [0.25, 0.3) is 0 Å². The Balaban J connectivity index is 3.25. The zero-order valence-corrected chi connectivity index (χ0v) is 7.84. The molecule has 0 saturated heterocycles. The van der Waals surface area contributed by atoms with Crippen molar-refractivity contribution in [3.05, 3.63) is 33.3 Å². The molecule has 1 nitrogen and oxygen atoms in total. The lowest BCUT2D eigenvalue weighted by atomic mass is 10.1. The van der Waals surface area contributed by atoms with Gasteiger partial charge < -0.3 is 5.73 Å². The fraction of sp³-hybridized carbons (Fsp3) is 0.250. The van der Waals surface area contributed by atoms with Gasteiger partial charge in [0.15, 0.2) is 0 Å². The van der Waals surface area contributed by atoms with Gasteiger partial charge in [-0.2, -0.15) is 0 Å². The summed E-state index contributed by atoms with van der Waals surface area (Å²) in [5.74, 6) is 0. The van der Waals surface area contributed by atoms with Crippen LogP contribution in [-0.4, -0.2) is 0 Å². The highest BCUT2D eigenvalue weighted by atomic mass is 35.5. The van der Waals surface area contributed by atoms with E-state index in [-0.39, 0.29) is 0 Å². The molecule has 0 fully saturated rings. The fourth-order valence-electron chi connectivity index (χ4n) is 1.05. The molecule has 0 aromatic heterocycles. The number of rotatable bonds is 1. The molecule has 0 radical (unpaired) electrons. The average molecular weight is 191 g/mol. The summed E-state index contributed by atoms with van der Waals surface area (Å²) in [7, 11) is 0. The van der Waals surface area contributed by atoms with Gasteiger partial charge in [0.1, 0.15) is 6.54 Å². The quantitative estimate of drug-likeness (QED) is 0.703. The molecule has 0 saturated carbocycles. The highest BCUT2D eigenvalue weighted by Gasteiger charge is 2.04. The van der Waals surface area contributed by atoms with Gasteiger partial charge >= 0.3 is 0 Å². The van der Waals surface area contributed by atoms with Crippen molar-refractivity contribution in [1.29, 1.82) is 0 Å². The molecule has 0 amide bonds. The minimum Gasteiger partial charge on any atom is -0.354 e. The fourth-order valence-corrected chi connectivity index (χ4v) is 1.74. The lowest BCUT2D eigenvalue weighted by Crippen LogP contribution is -2.47. The van der Waals surface area contributed by atoms with Gasteiger partial charge in [-0.25, -0.2) is 0 Å². The van der Waals surface area contributed by atoms with Crippen molar-refractivity contribution in [3.63, 3.8) is 0 Å². The first-order chi connectivity index (χ1) is 5.15. The zero-order valence-electron chi connectivity index (χ0n) is 6.32. The van der Waals surface area contributed by atoms with E-state index in [9.17, 15) is 0 Å². The molecular formula is C8H10Cl2N+. The van der Waals surface area contributed by atoms with Crippen LogP contribution in [0.25, 0.3) is 0 Å². The molecule has 0 bridgehead atoms. The van der Waals surface area contributed by atoms with Crippen molar-refractivity contribution in [2.24, 2.45) is 0 Å². The Hall–Kier alpha value is -0.240. The molecule has 0 aliphatic rings. The summed E-state index contributed by atoms with van der Waals surface area (Å²) in [6, 6.07) is 3.64. The maximum Gasteiger partial charge on any atom is 0.101 e. The number of quaternary nitrogens is 1. The molecule has 0 heterocycles. The van der Waals surface area contributed by atoms with Crippen molar-refractivity contribution in [3.8, 4) is 0 Å². The molecule has 0 aliphatic heterocycles. The average Bonchev–Trinajstić information content (AvgIpc) is 1.85. The molecule has 1 rings (SSSR count). The van der Waals surface area contributed by atoms with Gasteiger partial charge in [-0.1, -0.05) is 23.2 Å². The van der Waals surface area contributed by atoms with E-state index in [1.54, 1.807) is 6.07 Å². The van der Waals surface area contributed by atoms with Crippen LogP contribution in [0.15, 0.2) is 12.1 Å². The van der Waals surface area contributed by atoms with E-state index in [4.69, 9.17) is 23.2 Å². The second-order valence-electron chi connectivity index (χ2n) is 2.43. The molecule has 60 valence electrons. The monoisotopic (exact) mass is 190 g/mol. The van der Waals surface area contributed by atoms with Crippen LogP contribution in [0.3, 0.4) is 0 Å². The predicted molar refractivity (Wildman–Crippen MR) is 47.8 cm³/mol. The molecule has 0 aliphatic carbocycles. The Morgan fingerprint density at radius 2 is 2.00 bits per heavy atom. The van der Waals surface area contributed by atoms with Gasteiger partial charge in [0.05, 0.1) is 5.02 Å². The van der Waals surface area contributed by atoms with Crippen molar-refractivity contribution in [1.82, 2.24) is 0 Å². The number of halogens is 2. The minimum atomic E-state index is 0.685. The Kier molecular flexibility index (Phi) is 2.77. The van der Waals surface area contributed by atoms with Gasteiger partial charge in [0, 0.05) is 10.6 Å². The molecule has 0 spiro atoms. The van der Waals surface area contributed by atoms with E-state index in [1.165, 1.54) is 0 Å². The van der Waals surface area contributed by atoms with Crippen LogP contribution in [0, 0.1) is 6.92 Å². The Morgan fingerprint density at radius 1 is 1.36 bits per heavy atom. The number of hydrogen-bond acceptors (Lipinski definition) is 0. The van der Waals surface area contributed by atoms with E-state index < -0.39 is 0 Å². The van der Waals surface area contributed by atoms with Crippen LogP contribution >= 0.6 is 23.2 Å². The SMILES string of the molecule is Cc1cc(Cl)cc(Cl)c1C[NH3+]. The standard InChI is InChI=1S/C8H9Cl2N/c1-5-2-6(9)3-8(10)7(5)4-11/h2-3H,4,11H2,1H3/p+1. The molecule has 3 N–H and O–H groups in total. The van der Waals surface area contributed by atoms with Gasteiger partial charge in [-0.3, -0.25) is 0 Å². The maximum atomic E-state index is 5.91. The molecule has 0 atom stereocenters. The molecule has 1 aromatic rings. The summed E-state index contributed by atoms with van der Waals surface area (Å²) in [5, 5.41) is 1.40. The van der Waals surface area contributed by atoms with Gasteiger partial charge in [-0.05, 0) is 24.6 Å². The lowest BCUT2D eigenvalue weighted by Gasteiger charge is -2.03. The first kappa shape index (κ1) is 8.85. The lowest BCUT2D eigenvalue weighted by molar-refractivity contribution is -0.386. The molecule has 1 aromatic carbocycles. The third-order valence-corrected chi connectivity index (χ3v) is 2.19. The van der Waals surface area contributed by atoms with E-state index in [0.717, 1.165) is 11.1 Å². The molecule has 11 heavy (non-hydrogen) atoms. The van der Waals surface area contributed by atoms with Crippen LogP contribution in [0.5, 0.6) is 0 Å². The van der Waals surface area contributed by atoms with Crippen molar-refractivity contribution >= 4 is 23.2 Å². The Labute approximate surface area is 76.1 Å². The maximum absolute atomic E-state index is 5.91. The third kappa shape index (κ3) is 1.86. The first-order valence-electron chi connectivity index (χ1n) is 3.39. The topological polar surface area (TPSA) is 27.6 Å². The zero-order chi connectivity index (χ0) is 8.43. The van der Waals surface area contributed by atoms with Crippen LogP contribution in [0.2, 0.25) is 10.0 Å². The predicted octanol–water partition coefficient (Wildman–Crippen LogP) is 2.04. The van der Waals surface area contributed by atoms with Crippen molar-refractivity contribution in [2.45, 2.75) is 13.5 Å². The summed E-state index contributed by atoms with van der Waals surface area (Å²) < 4.78 is 0. The Bertz CT molecular complexity index is 248. The summed E-state index contributed by atoms with van der Waals surface area (Å²) in [4.78, 5) is 0. The highest BCUT2D eigenvalue weighted by molar-refractivity contribution is 6.35. The minimum absolute atomic E-state index is 0.685. The van der Waals surface area contributed by atoms with E-state index in [1.807, 2.05) is 13.0 Å². The van der Waals surface area contributed by atoms with Crippen molar-refractivity contribution < 1.29 is 5.73 Å². The number of hydrogen-bond donors (Lipinski definition) is 1. The molecule has 3 heteroatoms. The molecular weight excluding hydrogens is 181 g/mol. The first-order valence-corrected chi connectivity index (χ1v) is 4.14. The number of aryl methyl sites for hydroxylation is 1. The third-order valence-electron chi connectivity index (χ3n) is 1.63. The Morgan fingerprint density at radius 3 is 2.45 bits per heavy atom. The normalized spacial score (nSPS) is 10.2. The highest BCUT2D eigenvalue weighted by Crippen LogP contribution is 2.23. The van der Waals surface area contributed by atoms with Crippen LogP contribution in [0.4, 0.5) is 0 Å². The van der Waals surface area contributed by atoms with Crippen LogP contribution in [0.1, 0.15) is 11.1 Å². The van der Waals surface area contributed by atoms with E-state index in [0.29, 0.717) is 16.6 Å². The van der Waals surface area contributed by atoms with Gasteiger partial charge in [0.2, 0.25) is 0 Å². The van der Waals surface area contributed by atoms with E-state index >= 15 is 0 Å². The number of benzene rings is 1. The molecule has 0 unspecified atom stereocenters. The van der Waals surface area contributed by atoms with E-state index in [2.05, 4.69) is 5.73 Å². The van der Waals surface area contributed by atoms with Crippen LogP contribution < -0.4 is 5.73 Å². The second-order valence-corrected chi connectivity index (χ2v) is 3.28. The van der Waals surface area contributed by atoms with Gasteiger partial charge in [-0.15, -0.1) is 0 Å². The second kappa shape index (κ2) is 3.44. The summed E-state index contributed by atoms with van der Waals surface area (Å²) in [5.41, 5.74) is 5.97. The van der Waals surface area contributed by atoms with Crippen LogP contribution in [-0.2, 0) is 6.54 Å². The largest absolute Gasteiger partial charge is 0.354 e. The summed E-state index contributed by atoms with van der Waals surface area (Å²) >= 11 is 11.7.